The maximum atomic E-state index is 13.2. The summed E-state index contributed by atoms with van der Waals surface area (Å²) in [5.41, 5.74) is 1.61. The van der Waals surface area contributed by atoms with Gasteiger partial charge < -0.3 is 5.11 Å². The molecule has 7 nitrogen and oxygen atoms in total. The van der Waals surface area contributed by atoms with E-state index in [1.165, 1.54) is 29.2 Å². The highest BCUT2D eigenvalue weighted by Gasteiger charge is 2.23. The molecular formula is C20H17N3O4. The van der Waals surface area contributed by atoms with E-state index >= 15 is 0 Å². The number of aromatic hydroxyl groups is 1. The summed E-state index contributed by atoms with van der Waals surface area (Å²) in [7, 11) is 0. The van der Waals surface area contributed by atoms with Crippen molar-refractivity contribution in [3.05, 3.63) is 93.8 Å². The third-order valence-electron chi connectivity index (χ3n) is 4.10. The number of rotatable bonds is 5. The molecule has 1 amide bonds. The first-order valence-electron chi connectivity index (χ1n) is 8.22. The molecule has 0 radical (unpaired) electrons. The zero-order valence-corrected chi connectivity index (χ0v) is 14.6. The van der Waals surface area contributed by atoms with E-state index in [1.54, 1.807) is 43.5 Å². The van der Waals surface area contributed by atoms with Crippen molar-refractivity contribution in [2.24, 2.45) is 0 Å². The van der Waals surface area contributed by atoms with E-state index in [0.29, 0.717) is 16.9 Å². The molecule has 0 spiro atoms. The van der Waals surface area contributed by atoms with Crippen LogP contribution in [-0.2, 0) is 6.54 Å². The van der Waals surface area contributed by atoms with Gasteiger partial charge in [0.2, 0.25) is 0 Å². The summed E-state index contributed by atoms with van der Waals surface area (Å²) in [5.74, 6) is -0.430. The number of aryl methyl sites for hydroxylation is 1. The molecule has 0 saturated heterocycles. The van der Waals surface area contributed by atoms with Crippen LogP contribution < -0.4 is 4.90 Å². The number of phenols is 1. The first-order chi connectivity index (χ1) is 13.0. The lowest BCUT2D eigenvalue weighted by atomic mass is 10.1. The maximum absolute atomic E-state index is 13.2. The Balaban J connectivity index is 2.02. The van der Waals surface area contributed by atoms with E-state index in [2.05, 4.69) is 4.98 Å². The summed E-state index contributed by atoms with van der Waals surface area (Å²) in [6, 6.07) is 16.1. The van der Waals surface area contributed by atoms with Crippen LogP contribution in [0.3, 0.4) is 0 Å². The van der Waals surface area contributed by atoms with Crippen LogP contribution in [0.1, 0.15) is 21.6 Å². The molecule has 1 aromatic heterocycles. The smallest absolute Gasteiger partial charge is 0.272 e. The second kappa shape index (κ2) is 7.65. The molecule has 0 saturated carbocycles. The predicted molar refractivity (Wildman–Crippen MR) is 101 cm³/mol. The number of hydrogen-bond donors (Lipinski definition) is 1. The first kappa shape index (κ1) is 18.1. The maximum Gasteiger partial charge on any atom is 0.272 e. The number of para-hydroxylation sites is 2. The van der Waals surface area contributed by atoms with E-state index in [4.69, 9.17) is 0 Å². The number of aromatic nitrogens is 1. The third-order valence-corrected chi connectivity index (χ3v) is 4.10. The highest BCUT2D eigenvalue weighted by molar-refractivity contribution is 6.07. The summed E-state index contributed by atoms with van der Waals surface area (Å²) in [4.78, 5) is 29.3. The van der Waals surface area contributed by atoms with Crippen molar-refractivity contribution in [2.45, 2.75) is 13.5 Å². The van der Waals surface area contributed by atoms with E-state index in [-0.39, 0.29) is 29.5 Å². The number of amides is 1. The summed E-state index contributed by atoms with van der Waals surface area (Å²) in [6.45, 7) is 1.73. The number of nitro groups is 1. The van der Waals surface area contributed by atoms with Gasteiger partial charge in [0.15, 0.2) is 0 Å². The molecule has 0 bridgehead atoms. The van der Waals surface area contributed by atoms with Crippen LogP contribution in [0.4, 0.5) is 11.4 Å². The van der Waals surface area contributed by atoms with E-state index < -0.39 is 4.92 Å². The Morgan fingerprint density at radius 2 is 1.89 bits per heavy atom. The van der Waals surface area contributed by atoms with Crippen molar-refractivity contribution >= 4 is 17.3 Å². The number of nitrogens with zero attached hydrogens (tertiary/aromatic N) is 3. The van der Waals surface area contributed by atoms with Gasteiger partial charge in [-0.2, -0.15) is 0 Å². The van der Waals surface area contributed by atoms with Crippen molar-refractivity contribution in [3.63, 3.8) is 0 Å². The minimum atomic E-state index is -0.488. The SMILES string of the molecule is Cc1cc(C(=O)N(Cc2ccccn2)c2ccccc2O)ccc1[N+](=O)[O-]. The molecule has 0 aliphatic carbocycles. The lowest BCUT2D eigenvalue weighted by molar-refractivity contribution is -0.385. The molecule has 7 heteroatoms. The van der Waals surface area contributed by atoms with E-state index in [0.717, 1.165) is 0 Å². The number of hydrogen-bond acceptors (Lipinski definition) is 5. The van der Waals surface area contributed by atoms with Crippen molar-refractivity contribution in [1.29, 1.82) is 0 Å². The van der Waals surface area contributed by atoms with Crippen LogP contribution in [0.25, 0.3) is 0 Å². The Labute approximate surface area is 155 Å². The number of benzene rings is 2. The topological polar surface area (TPSA) is 96.6 Å². The second-order valence-electron chi connectivity index (χ2n) is 5.96. The number of anilines is 1. The standard InChI is InChI=1S/C20H17N3O4/c1-14-12-15(9-10-17(14)23(26)27)20(25)22(13-16-6-4-5-11-21-16)18-7-2-3-8-19(18)24/h2-12,24H,13H2,1H3. The number of phenolic OH excluding ortho intramolecular Hbond substituents is 1. The van der Waals surface area contributed by atoms with Gasteiger partial charge in [-0.15, -0.1) is 0 Å². The minimum absolute atomic E-state index is 0.0413. The average molecular weight is 363 g/mol. The molecule has 3 aromatic rings. The van der Waals surface area contributed by atoms with Crippen LogP contribution in [0.2, 0.25) is 0 Å². The van der Waals surface area contributed by atoms with Crippen LogP contribution in [0.5, 0.6) is 5.75 Å². The third kappa shape index (κ3) is 3.92. The monoisotopic (exact) mass is 363 g/mol. The molecule has 0 fully saturated rings. The van der Waals surface area contributed by atoms with Gasteiger partial charge in [0.05, 0.1) is 22.8 Å². The zero-order valence-electron chi connectivity index (χ0n) is 14.6. The molecule has 0 unspecified atom stereocenters. The number of nitro benzene ring substituents is 1. The van der Waals surface area contributed by atoms with Gasteiger partial charge in [0.1, 0.15) is 5.75 Å². The van der Waals surface area contributed by atoms with Gasteiger partial charge in [0.25, 0.3) is 11.6 Å². The second-order valence-corrected chi connectivity index (χ2v) is 5.96. The van der Waals surface area contributed by atoms with Crippen LogP contribution in [0.15, 0.2) is 66.9 Å². The number of carbonyl (C=O) groups is 1. The molecule has 0 aliphatic heterocycles. The summed E-state index contributed by atoms with van der Waals surface area (Å²) in [5, 5.41) is 21.2. The first-order valence-corrected chi connectivity index (χ1v) is 8.22. The largest absolute Gasteiger partial charge is 0.506 e. The lowest BCUT2D eigenvalue weighted by Gasteiger charge is -2.23. The molecule has 27 heavy (non-hydrogen) atoms. The van der Waals surface area contributed by atoms with E-state index in [9.17, 15) is 20.0 Å². The zero-order chi connectivity index (χ0) is 19.4. The van der Waals surface area contributed by atoms with Crippen molar-refractivity contribution in [2.75, 3.05) is 4.90 Å². The van der Waals surface area contributed by atoms with Gasteiger partial charge in [-0.05, 0) is 43.3 Å². The average Bonchev–Trinajstić information content (AvgIpc) is 2.66. The van der Waals surface area contributed by atoms with Crippen LogP contribution in [-0.4, -0.2) is 20.9 Å². The summed E-state index contributed by atoms with van der Waals surface area (Å²) < 4.78 is 0. The predicted octanol–water partition coefficient (Wildman–Crippen LogP) is 3.85. The molecular weight excluding hydrogens is 346 g/mol. The summed E-state index contributed by atoms with van der Waals surface area (Å²) >= 11 is 0. The van der Waals surface area contributed by atoms with Crippen molar-refractivity contribution in [3.8, 4) is 5.75 Å². The highest BCUT2D eigenvalue weighted by Crippen LogP contribution is 2.30. The fourth-order valence-electron chi connectivity index (χ4n) is 2.76. The summed E-state index contributed by atoms with van der Waals surface area (Å²) in [6.07, 6.45) is 1.62. The molecule has 0 aliphatic rings. The Kier molecular flexibility index (Phi) is 5.12. The molecule has 136 valence electrons. The molecule has 1 heterocycles. The Hall–Kier alpha value is -3.74. The van der Waals surface area contributed by atoms with Gasteiger partial charge >= 0.3 is 0 Å². The number of carbonyl (C=O) groups excluding carboxylic acids is 1. The molecule has 2 aromatic carbocycles. The normalized spacial score (nSPS) is 10.4. The molecule has 0 atom stereocenters. The van der Waals surface area contributed by atoms with Crippen molar-refractivity contribution in [1.82, 2.24) is 4.98 Å². The van der Waals surface area contributed by atoms with E-state index in [1.807, 2.05) is 6.07 Å². The Morgan fingerprint density at radius 1 is 1.15 bits per heavy atom. The molecule has 1 N–H and O–H groups in total. The molecule has 3 rings (SSSR count). The van der Waals surface area contributed by atoms with Crippen LogP contribution in [0, 0.1) is 17.0 Å². The van der Waals surface area contributed by atoms with Crippen molar-refractivity contribution < 1.29 is 14.8 Å². The van der Waals surface area contributed by atoms with Gasteiger partial charge in [-0.25, -0.2) is 0 Å². The Morgan fingerprint density at radius 3 is 2.52 bits per heavy atom. The fraction of sp³-hybridized carbons (Fsp3) is 0.100. The quantitative estimate of drug-likeness (QED) is 0.548. The Bertz CT molecular complexity index is 990. The number of pyridine rings is 1. The fourth-order valence-corrected chi connectivity index (χ4v) is 2.76. The van der Waals surface area contributed by atoms with Gasteiger partial charge in [-0.3, -0.25) is 24.8 Å². The van der Waals surface area contributed by atoms with Crippen LogP contribution >= 0.6 is 0 Å². The highest BCUT2D eigenvalue weighted by atomic mass is 16.6. The minimum Gasteiger partial charge on any atom is -0.506 e. The lowest BCUT2D eigenvalue weighted by Crippen LogP contribution is -2.31. The van der Waals surface area contributed by atoms with Gasteiger partial charge in [-0.1, -0.05) is 18.2 Å². The van der Waals surface area contributed by atoms with Gasteiger partial charge in [0, 0.05) is 23.4 Å².